The van der Waals surface area contributed by atoms with E-state index in [1.165, 1.54) is 12.1 Å². The van der Waals surface area contributed by atoms with E-state index < -0.39 is 0 Å². The van der Waals surface area contributed by atoms with E-state index >= 15 is 0 Å². The fraction of sp³-hybridized carbons (Fsp3) is 0.250. The number of aromatic nitrogens is 2. The molecule has 0 radical (unpaired) electrons. The molecule has 1 aromatic carbocycles. The van der Waals surface area contributed by atoms with Crippen LogP contribution in [-0.4, -0.2) is 27.3 Å². The molecule has 1 amide bonds. The van der Waals surface area contributed by atoms with Gasteiger partial charge in [0.2, 0.25) is 5.89 Å². The highest BCUT2D eigenvalue weighted by Crippen LogP contribution is 2.32. The lowest BCUT2D eigenvalue weighted by Gasteiger charge is -2.21. The number of hydrogen-bond acceptors (Lipinski definition) is 4. The van der Waals surface area contributed by atoms with E-state index in [1.54, 1.807) is 47.6 Å². The molecule has 3 aromatic rings. The molecule has 0 spiro atoms. The van der Waals surface area contributed by atoms with Crippen LogP contribution in [0.25, 0.3) is 0 Å². The maximum Gasteiger partial charge on any atom is 0.273 e. The van der Waals surface area contributed by atoms with Gasteiger partial charge in [0.05, 0.1) is 6.20 Å². The molecular weight excluding hydrogens is 333 g/mol. The van der Waals surface area contributed by atoms with Gasteiger partial charge in [0, 0.05) is 19.2 Å². The first kappa shape index (κ1) is 16.4. The third kappa shape index (κ3) is 3.35. The number of amides is 1. The lowest BCUT2D eigenvalue weighted by Crippen LogP contribution is -2.31. The molecule has 0 saturated carbocycles. The highest BCUT2D eigenvalue weighted by Gasteiger charge is 2.34. The van der Waals surface area contributed by atoms with Crippen LogP contribution in [0.2, 0.25) is 0 Å². The van der Waals surface area contributed by atoms with Crippen molar-refractivity contribution in [3.05, 3.63) is 83.6 Å². The molecule has 1 saturated heterocycles. The summed E-state index contributed by atoms with van der Waals surface area (Å²) in [5.41, 5.74) is 1.37. The summed E-state index contributed by atoms with van der Waals surface area (Å²) in [7, 11) is 0. The Morgan fingerprint density at radius 1 is 1.19 bits per heavy atom. The van der Waals surface area contributed by atoms with Gasteiger partial charge in [0.15, 0.2) is 0 Å². The van der Waals surface area contributed by atoms with Crippen molar-refractivity contribution in [1.82, 2.24) is 14.9 Å². The fourth-order valence-corrected chi connectivity index (χ4v) is 3.26. The van der Waals surface area contributed by atoms with Crippen molar-refractivity contribution in [2.75, 3.05) is 6.54 Å². The van der Waals surface area contributed by atoms with E-state index in [-0.39, 0.29) is 17.8 Å². The zero-order chi connectivity index (χ0) is 17.9. The number of carbonyl (C=O) groups excluding carboxylic acids is 1. The van der Waals surface area contributed by atoms with E-state index in [0.717, 1.165) is 18.4 Å². The largest absolute Gasteiger partial charge is 0.443 e. The SMILES string of the molecule is O=C(c1ccccn1)N1CCCC1c1ncc(Cc2ccc(F)cc2)o1. The summed E-state index contributed by atoms with van der Waals surface area (Å²) in [4.78, 5) is 23.0. The Balaban J connectivity index is 1.51. The second-order valence-electron chi connectivity index (χ2n) is 6.34. The van der Waals surface area contributed by atoms with Crippen molar-refractivity contribution in [3.8, 4) is 0 Å². The Labute approximate surface area is 150 Å². The molecule has 1 atom stereocenters. The molecule has 132 valence electrons. The summed E-state index contributed by atoms with van der Waals surface area (Å²) in [6, 6.07) is 11.4. The highest BCUT2D eigenvalue weighted by molar-refractivity contribution is 5.92. The molecule has 0 N–H and O–H groups in total. The second-order valence-corrected chi connectivity index (χ2v) is 6.34. The Hall–Kier alpha value is -3.02. The molecule has 6 heteroatoms. The number of benzene rings is 1. The quantitative estimate of drug-likeness (QED) is 0.718. The summed E-state index contributed by atoms with van der Waals surface area (Å²) in [6.45, 7) is 0.662. The number of halogens is 1. The van der Waals surface area contributed by atoms with Gasteiger partial charge in [-0.2, -0.15) is 0 Å². The minimum absolute atomic E-state index is 0.105. The molecule has 0 bridgehead atoms. The summed E-state index contributed by atoms with van der Waals surface area (Å²) in [5, 5.41) is 0. The molecule has 1 aliphatic rings. The van der Waals surface area contributed by atoms with Gasteiger partial charge in [-0.25, -0.2) is 9.37 Å². The number of carbonyl (C=O) groups is 1. The maximum atomic E-state index is 13.0. The summed E-state index contributed by atoms with van der Waals surface area (Å²) < 4.78 is 18.9. The van der Waals surface area contributed by atoms with Crippen molar-refractivity contribution >= 4 is 5.91 Å². The van der Waals surface area contributed by atoms with Gasteiger partial charge in [0.1, 0.15) is 23.3 Å². The Kier molecular flexibility index (Phi) is 4.48. The third-order valence-electron chi connectivity index (χ3n) is 4.55. The van der Waals surface area contributed by atoms with Gasteiger partial charge in [0.25, 0.3) is 5.91 Å². The van der Waals surface area contributed by atoms with Crippen LogP contribution in [0.5, 0.6) is 0 Å². The van der Waals surface area contributed by atoms with E-state index in [1.807, 2.05) is 0 Å². The number of nitrogens with zero attached hydrogens (tertiary/aromatic N) is 3. The number of hydrogen-bond donors (Lipinski definition) is 0. The Morgan fingerprint density at radius 2 is 2.04 bits per heavy atom. The topological polar surface area (TPSA) is 59.2 Å². The van der Waals surface area contributed by atoms with E-state index in [2.05, 4.69) is 9.97 Å². The first-order valence-electron chi connectivity index (χ1n) is 8.62. The smallest absolute Gasteiger partial charge is 0.273 e. The van der Waals surface area contributed by atoms with Crippen LogP contribution in [0.3, 0.4) is 0 Å². The van der Waals surface area contributed by atoms with Gasteiger partial charge >= 0.3 is 0 Å². The van der Waals surface area contributed by atoms with Gasteiger partial charge in [-0.3, -0.25) is 9.78 Å². The van der Waals surface area contributed by atoms with Gasteiger partial charge in [-0.05, 0) is 42.7 Å². The molecule has 4 rings (SSSR count). The number of rotatable bonds is 4. The van der Waals surface area contributed by atoms with Crippen LogP contribution < -0.4 is 0 Å². The fourth-order valence-electron chi connectivity index (χ4n) is 3.26. The van der Waals surface area contributed by atoms with Crippen LogP contribution in [0.1, 0.15) is 46.6 Å². The molecule has 1 aliphatic heterocycles. The maximum absolute atomic E-state index is 13.0. The monoisotopic (exact) mass is 351 g/mol. The molecule has 3 heterocycles. The van der Waals surface area contributed by atoms with Gasteiger partial charge in [-0.1, -0.05) is 18.2 Å². The van der Waals surface area contributed by atoms with Crippen molar-refractivity contribution in [2.24, 2.45) is 0 Å². The van der Waals surface area contributed by atoms with Crippen LogP contribution in [0.15, 0.2) is 59.3 Å². The normalized spacial score (nSPS) is 16.8. The average molecular weight is 351 g/mol. The standard InChI is InChI=1S/C20H18FN3O2/c21-15-8-6-14(7-9-15)12-16-13-23-19(26-16)18-5-3-11-24(18)20(25)17-4-1-2-10-22-17/h1-2,4,6-10,13,18H,3,5,11-12H2. The van der Waals surface area contributed by atoms with Crippen LogP contribution in [-0.2, 0) is 6.42 Å². The highest BCUT2D eigenvalue weighted by atomic mass is 19.1. The Bertz CT molecular complexity index is 893. The van der Waals surface area contributed by atoms with Gasteiger partial charge < -0.3 is 9.32 Å². The lowest BCUT2D eigenvalue weighted by molar-refractivity contribution is 0.0708. The van der Waals surface area contributed by atoms with Crippen molar-refractivity contribution in [1.29, 1.82) is 0 Å². The molecule has 2 aromatic heterocycles. The zero-order valence-corrected chi connectivity index (χ0v) is 14.1. The van der Waals surface area contributed by atoms with Gasteiger partial charge in [-0.15, -0.1) is 0 Å². The number of pyridine rings is 1. The third-order valence-corrected chi connectivity index (χ3v) is 4.55. The Morgan fingerprint density at radius 3 is 2.81 bits per heavy atom. The second kappa shape index (κ2) is 7.07. The van der Waals surface area contributed by atoms with Crippen LogP contribution in [0, 0.1) is 5.82 Å². The van der Waals surface area contributed by atoms with E-state index in [4.69, 9.17) is 4.42 Å². The molecule has 1 fully saturated rings. The molecular formula is C20H18FN3O2. The first-order valence-corrected chi connectivity index (χ1v) is 8.62. The summed E-state index contributed by atoms with van der Waals surface area (Å²) in [5.74, 6) is 0.876. The minimum Gasteiger partial charge on any atom is -0.443 e. The van der Waals surface area contributed by atoms with E-state index in [0.29, 0.717) is 30.3 Å². The molecule has 5 nitrogen and oxygen atoms in total. The first-order chi connectivity index (χ1) is 12.7. The van der Waals surface area contributed by atoms with Crippen LogP contribution >= 0.6 is 0 Å². The van der Waals surface area contributed by atoms with Crippen molar-refractivity contribution < 1.29 is 13.6 Å². The van der Waals surface area contributed by atoms with Crippen molar-refractivity contribution in [2.45, 2.75) is 25.3 Å². The van der Waals surface area contributed by atoms with Crippen molar-refractivity contribution in [3.63, 3.8) is 0 Å². The summed E-state index contributed by atoms with van der Waals surface area (Å²) >= 11 is 0. The lowest BCUT2D eigenvalue weighted by atomic mass is 10.1. The number of likely N-dealkylation sites (tertiary alicyclic amines) is 1. The molecule has 0 aliphatic carbocycles. The molecule has 26 heavy (non-hydrogen) atoms. The predicted molar refractivity (Wildman–Crippen MR) is 93.0 cm³/mol. The van der Waals surface area contributed by atoms with Crippen LogP contribution in [0.4, 0.5) is 4.39 Å². The minimum atomic E-state index is -0.262. The zero-order valence-electron chi connectivity index (χ0n) is 14.1. The number of oxazole rings is 1. The van der Waals surface area contributed by atoms with E-state index in [9.17, 15) is 9.18 Å². The average Bonchev–Trinajstić information content (AvgIpc) is 3.33. The predicted octanol–water partition coefficient (Wildman–Crippen LogP) is 3.78. The summed E-state index contributed by atoms with van der Waals surface area (Å²) in [6.07, 6.45) is 5.55. The molecule has 1 unspecified atom stereocenters.